The number of nitrogens with one attached hydrogen (secondary N) is 1. The molecule has 0 aliphatic rings. The SMILES string of the molecule is COc1ccccc1CC(NC(=O)CC(O)c1ccccc1)C(C)C. The maximum absolute atomic E-state index is 12.4. The second-order valence-corrected chi connectivity index (χ2v) is 6.56. The van der Waals surface area contributed by atoms with Gasteiger partial charge in [-0.25, -0.2) is 0 Å². The van der Waals surface area contributed by atoms with Crippen LogP contribution in [0.4, 0.5) is 0 Å². The molecule has 0 fully saturated rings. The fourth-order valence-electron chi connectivity index (χ4n) is 2.80. The number of methoxy groups -OCH3 is 1. The molecule has 0 radical (unpaired) electrons. The van der Waals surface area contributed by atoms with Gasteiger partial charge < -0.3 is 15.2 Å². The Bertz CT molecular complexity index is 670. The van der Waals surface area contributed by atoms with Crippen LogP contribution in [0.5, 0.6) is 5.75 Å². The Morgan fingerprint density at radius 2 is 1.72 bits per heavy atom. The molecule has 0 saturated carbocycles. The summed E-state index contributed by atoms with van der Waals surface area (Å²) in [7, 11) is 1.65. The van der Waals surface area contributed by atoms with E-state index in [1.54, 1.807) is 7.11 Å². The number of rotatable bonds is 8. The zero-order valence-electron chi connectivity index (χ0n) is 15.1. The molecular weight excluding hydrogens is 314 g/mol. The molecule has 2 unspecified atom stereocenters. The smallest absolute Gasteiger partial charge is 0.223 e. The zero-order chi connectivity index (χ0) is 18.2. The van der Waals surface area contributed by atoms with E-state index in [0.717, 1.165) is 16.9 Å². The van der Waals surface area contributed by atoms with Crippen molar-refractivity contribution in [1.82, 2.24) is 5.32 Å². The molecule has 0 saturated heterocycles. The largest absolute Gasteiger partial charge is 0.496 e. The molecule has 1 amide bonds. The van der Waals surface area contributed by atoms with Crippen molar-refractivity contribution in [3.05, 3.63) is 65.7 Å². The number of hydrogen-bond donors (Lipinski definition) is 2. The number of para-hydroxylation sites is 1. The molecule has 2 rings (SSSR count). The van der Waals surface area contributed by atoms with E-state index in [1.165, 1.54) is 0 Å². The van der Waals surface area contributed by atoms with Crippen molar-refractivity contribution in [2.75, 3.05) is 7.11 Å². The Hall–Kier alpha value is -2.33. The summed E-state index contributed by atoms with van der Waals surface area (Å²) in [6, 6.07) is 17.1. The molecule has 2 aromatic carbocycles. The van der Waals surface area contributed by atoms with Crippen molar-refractivity contribution < 1.29 is 14.6 Å². The van der Waals surface area contributed by atoms with E-state index in [-0.39, 0.29) is 24.3 Å². The van der Waals surface area contributed by atoms with Crippen LogP contribution in [0.2, 0.25) is 0 Å². The lowest BCUT2D eigenvalue weighted by molar-refractivity contribution is -0.124. The van der Waals surface area contributed by atoms with Crippen molar-refractivity contribution in [3.63, 3.8) is 0 Å². The molecular formula is C21H27NO3. The van der Waals surface area contributed by atoms with Crippen LogP contribution in [-0.4, -0.2) is 24.2 Å². The Labute approximate surface area is 149 Å². The molecule has 4 nitrogen and oxygen atoms in total. The summed E-state index contributed by atoms with van der Waals surface area (Å²) in [5.41, 5.74) is 1.82. The second kappa shape index (κ2) is 9.23. The molecule has 25 heavy (non-hydrogen) atoms. The predicted octanol–water partition coefficient (Wildman–Crippen LogP) is 3.50. The van der Waals surface area contributed by atoms with Gasteiger partial charge in [-0.3, -0.25) is 4.79 Å². The van der Waals surface area contributed by atoms with Crippen LogP contribution in [-0.2, 0) is 11.2 Å². The van der Waals surface area contributed by atoms with Gasteiger partial charge in [0.1, 0.15) is 5.75 Å². The van der Waals surface area contributed by atoms with Gasteiger partial charge in [0.25, 0.3) is 0 Å². The highest BCUT2D eigenvalue weighted by molar-refractivity contribution is 5.77. The number of hydrogen-bond acceptors (Lipinski definition) is 3. The molecule has 2 aromatic rings. The molecule has 0 aliphatic carbocycles. The van der Waals surface area contributed by atoms with E-state index >= 15 is 0 Å². The van der Waals surface area contributed by atoms with Crippen LogP contribution in [0.25, 0.3) is 0 Å². The fourth-order valence-corrected chi connectivity index (χ4v) is 2.80. The quantitative estimate of drug-likeness (QED) is 0.772. The van der Waals surface area contributed by atoms with Crippen LogP contribution >= 0.6 is 0 Å². The van der Waals surface area contributed by atoms with Gasteiger partial charge >= 0.3 is 0 Å². The number of aliphatic hydroxyl groups excluding tert-OH is 1. The molecule has 0 aromatic heterocycles. The van der Waals surface area contributed by atoms with Crippen molar-refractivity contribution in [1.29, 1.82) is 0 Å². The Morgan fingerprint density at radius 1 is 1.08 bits per heavy atom. The first-order valence-electron chi connectivity index (χ1n) is 8.65. The monoisotopic (exact) mass is 341 g/mol. The summed E-state index contributed by atoms with van der Waals surface area (Å²) in [4.78, 5) is 12.4. The van der Waals surface area contributed by atoms with Crippen molar-refractivity contribution >= 4 is 5.91 Å². The molecule has 0 bridgehead atoms. The van der Waals surface area contributed by atoms with Gasteiger partial charge in [-0.05, 0) is 29.5 Å². The number of amides is 1. The average Bonchev–Trinajstić information content (AvgIpc) is 2.62. The Kier molecular flexibility index (Phi) is 7.02. The fraction of sp³-hybridized carbons (Fsp3) is 0.381. The summed E-state index contributed by atoms with van der Waals surface area (Å²) in [6.07, 6.45) is -0.0474. The third kappa shape index (κ3) is 5.61. The van der Waals surface area contributed by atoms with Gasteiger partial charge in [-0.2, -0.15) is 0 Å². The topological polar surface area (TPSA) is 58.6 Å². The first kappa shape index (κ1) is 19.0. The average molecular weight is 341 g/mol. The maximum Gasteiger partial charge on any atom is 0.223 e. The van der Waals surface area contributed by atoms with Crippen LogP contribution in [0.3, 0.4) is 0 Å². The van der Waals surface area contributed by atoms with E-state index in [2.05, 4.69) is 19.2 Å². The highest BCUT2D eigenvalue weighted by Crippen LogP contribution is 2.22. The van der Waals surface area contributed by atoms with E-state index < -0.39 is 6.10 Å². The van der Waals surface area contributed by atoms with E-state index in [4.69, 9.17) is 4.74 Å². The van der Waals surface area contributed by atoms with Crippen LogP contribution in [0, 0.1) is 5.92 Å². The Morgan fingerprint density at radius 3 is 2.36 bits per heavy atom. The summed E-state index contributed by atoms with van der Waals surface area (Å²) >= 11 is 0. The summed E-state index contributed by atoms with van der Waals surface area (Å²) in [6.45, 7) is 4.15. The third-order valence-corrected chi connectivity index (χ3v) is 4.35. The van der Waals surface area contributed by atoms with Gasteiger partial charge in [-0.1, -0.05) is 62.4 Å². The van der Waals surface area contributed by atoms with E-state index in [1.807, 2.05) is 54.6 Å². The van der Waals surface area contributed by atoms with E-state index in [9.17, 15) is 9.90 Å². The molecule has 2 atom stereocenters. The van der Waals surface area contributed by atoms with Crippen LogP contribution in [0.1, 0.15) is 37.5 Å². The molecule has 0 heterocycles. The van der Waals surface area contributed by atoms with Gasteiger partial charge in [0, 0.05) is 6.04 Å². The van der Waals surface area contributed by atoms with Gasteiger partial charge in [0.2, 0.25) is 5.91 Å². The predicted molar refractivity (Wildman–Crippen MR) is 99.5 cm³/mol. The first-order valence-corrected chi connectivity index (χ1v) is 8.65. The lowest BCUT2D eigenvalue weighted by atomic mass is 9.95. The molecule has 0 spiro atoms. The molecule has 2 N–H and O–H groups in total. The second-order valence-electron chi connectivity index (χ2n) is 6.56. The Balaban J connectivity index is 2.00. The van der Waals surface area contributed by atoms with Crippen molar-refractivity contribution in [2.45, 2.75) is 38.8 Å². The standard InChI is InChI=1S/C21H27NO3/c1-15(2)18(13-17-11-7-8-12-20(17)25-3)22-21(24)14-19(23)16-9-5-4-6-10-16/h4-12,15,18-19,23H,13-14H2,1-3H3,(H,22,24). The van der Waals surface area contributed by atoms with Gasteiger partial charge in [-0.15, -0.1) is 0 Å². The lowest BCUT2D eigenvalue weighted by Crippen LogP contribution is -2.40. The number of aliphatic hydroxyl groups is 1. The number of carbonyl (C=O) groups is 1. The van der Waals surface area contributed by atoms with Crippen LogP contribution < -0.4 is 10.1 Å². The van der Waals surface area contributed by atoms with Gasteiger partial charge in [0.15, 0.2) is 0 Å². The minimum atomic E-state index is -0.791. The summed E-state index contributed by atoms with van der Waals surface area (Å²) in [5.74, 6) is 0.944. The lowest BCUT2D eigenvalue weighted by Gasteiger charge is -2.24. The molecule has 0 aliphatic heterocycles. The highest BCUT2D eigenvalue weighted by atomic mass is 16.5. The number of carbonyl (C=O) groups excluding carboxylic acids is 1. The molecule has 4 heteroatoms. The van der Waals surface area contributed by atoms with Crippen molar-refractivity contribution in [3.8, 4) is 5.75 Å². The van der Waals surface area contributed by atoms with Gasteiger partial charge in [0.05, 0.1) is 19.6 Å². The summed E-state index contributed by atoms with van der Waals surface area (Å²) in [5, 5.41) is 13.3. The van der Waals surface area contributed by atoms with Crippen molar-refractivity contribution in [2.24, 2.45) is 5.92 Å². The highest BCUT2D eigenvalue weighted by Gasteiger charge is 2.20. The minimum absolute atomic E-state index is 0.0215. The van der Waals surface area contributed by atoms with Crippen LogP contribution in [0.15, 0.2) is 54.6 Å². The normalized spacial score (nSPS) is 13.3. The molecule has 134 valence electrons. The van der Waals surface area contributed by atoms with E-state index in [0.29, 0.717) is 6.42 Å². The number of benzene rings is 2. The first-order chi connectivity index (χ1) is 12.0. The summed E-state index contributed by atoms with van der Waals surface area (Å²) < 4.78 is 5.40. The maximum atomic E-state index is 12.4. The number of ether oxygens (including phenoxy) is 1. The zero-order valence-corrected chi connectivity index (χ0v) is 15.1. The minimum Gasteiger partial charge on any atom is -0.496 e. The third-order valence-electron chi connectivity index (χ3n) is 4.35.